The van der Waals surface area contributed by atoms with Crippen LogP contribution in [0.3, 0.4) is 0 Å². The van der Waals surface area contributed by atoms with Gasteiger partial charge in [0, 0.05) is 48.7 Å². The standard InChI is InChI=1S/C36H42N4.CH4.2CH3.Fe/c1-25-9-5-10-26(2)35(25)29-15-17-31(37-21-29)23-39-19-7-13-33(39)34-14-8-20-40(34)24-32-18-16-30(22-38-32)36-27(3)11-6-12-28(36)4;;;;/h5-6,9-12,15-18,21-22,33-34H,7-8,13-14,19-20,23-24H2,1-4H3;1H4;2*1H3;/q;;2*-1;+4/t33-,34-;;;;/m1..../s1. The quantitative estimate of drug-likeness (QED) is 0.150. The van der Waals surface area contributed by atoms with Crippen LogP contribution in [-0.2, 0) is 30.2 Å². The number of benzene rings is 2. The molecule has 2 atom stereocenters. The summed E-state index contributed by atoms with van der Waals surface area (Å²) < 4.78 is 0. The predicted molar refractivity (Wildman–Crippen MR) is 185 cm³/mol. The number of aromatic nitrogens is 2. The van der Waals surface area contributed by atoms with E-state index < -0.39 is 0 Å². The Hall–Kier alpha value is -2.82. The van der Waals surface area contributed by atoms with Crippen molar-refractivity contribution in [3.05, 3.63) is 122 Å². The monoisotopic (exact) mass is 632 g/mol. The van der Waals surface area contributed by atoms with Gasteiger partial charge in [-0.15, -0.1) is 0 Å². The summed E-state index contributed by atoms with van der Waals surface area (Å²) in [6.07, 6.45) is 9.26. The van der Waals surface area contributed by atoms with E-state index in [2.05, 4.69) is 111 Å². The minimum atomic E-state index is 0. The molecule has 2 saturated heterocycles. The minimum absolute atomic E-state index is 0. The second-order valence-electron chi connectivity index (χ2n) is 12.0. The molecule has 2 fully saturated rings. The first-order chi connectivity index (χ1) is 19.5. The van der Waals surface area contributed by atoms with Gasteiger partial charge in [0.1, 0.15) is 0 Å². The molecule has 4 aromatic rings. The summed E-state index contributed by atoms with van der Waals surface area (Å²) in [6.45, 7) is 13.0. The zero-order valence-electron chi connectivity index (χ0n) is 26.9. The molecule has 4 heterocycles. The summed E-state index contributed by atoms with van der Waals surface area (Å²) >= 11 is 0. The van der Waals surface area contributed by atoms with Crippen molar-refractivity contribution in [2.45, 2.75) is 86.0 Å². The Bertz CT molecular complexity index is 1310. The molecular weight excluding hydrogens is 580 g/mol. The molecular formula is C39H52FeN4+2. The van der Waals surface area contributed by atoms with E-state index in [0.29, 0.717) is 12.1 Å². The molecule has 0 N–H and O–H groups in total. The predicted octanol–water partition coefficient (Wildman–Crippen LogP) is 9.21. The molecule has 2 aliphatic heterocycles. The molecule has 234 valence electrons. The van der Waals surface area contributed by atoms with Gasteiger partial charge >= 0.3 is 17.1 Å². The van der Waals surface area contributed by atoms with Gasteiger partial charge in [0.05, 0.1) is 11.4 Å². The molecule has 4 nitrogen and oxygen atoms in total. The Balaban J connectivity index is 0.00000169. The van der Waals surface area contributed by atoms with Crippen molar-refractivity contribution >= 4 is 0 Å². The van der Waals surface area contributed by atoms with Gasteiger partial charge in [0.2, 0.25) is 0 Å². The summed E-state index contributed by atoms with van der Waals surface area (Å²) in [6, 6.07) is 23.2. The van der Waals surface area contributed by atoms with E-state index >= 15 is 0 Å². The molecule has 0 aliphatic carbocycles. The molecule has 5 heteroatoms. The summed E-state index contributed by atoms with van der Waals surface area (Å²) in [5, 5.41) is 0. The number of aryl methyl sites for hydroxylation is 4. The molecule has 0 bridgehead atoms. The number of rotatable bonds is 7. The summed E-state index contributed by atoms with van der Waals surface area (Å²) in [5.41, 5.74) is 12.7. The average molecular weight is 633 g/mol. The molecule has 0 spiro atoms. The number of nitrogens with zero attached hydrogens (tertiary/aromatic N) is 4. The van der Waals surface area contributed by atoms with Crippen molar-refractivity contribution in [1.82, 2.24) is 19.8 Å². The van der Waals surface area contributed by atoms with Crippen molar-refractivity contribution in [2.75, 3.05) is 13.1 Å². The number of hydrogen-bond acceptors (Lipinski definition) is 4. The molecule has 2 aliphatic rings. The van der Waals surface area contributed by atoms with Crippen LogP contribution in [0.5, 0.6) is 0 Å². The molecule has 0 unspecified atom stereocenters. The van der Waals surface area contributed by atoms with Crippen molar-refractivity contribution < 1.29 is 17.1 Å². The van der Waals surface area contributed by atoms with E-state index in [9.17, 15) is 0 Å². The van der Waals surface area contributed by atoms with Gasteiger partial charge in [-0.05, 0) is 112 Å². The Morgan fingerprint density at radius 3 is 1.27 bits per heavy atom. The third kappa shape index (κ3) is 7.87. The normalized spacial score (nSPS) is 18.1. The van der Waals surface area contributed by atoms with Crippen LogP contribution in [0.2, 0.25) is 0 Å². The fraction of sp³-hybridized carbons (Fsp3) is 0.385. The molecule has 0 amide bonds. The second-order valence-corrected chi connectivity index (χ2v) is 12.0. The van der Waals surface area contributed by atoms with Crippen LogP contribution in [0.1, 0.15) is 66.8 Å². The van der Waals surface area contributed by atoms with Crippen LogP contribution in [0.15, 0.2) is 73.1 Å². The Morgan fingerprint density at radius 1 is 0.591 bits per heavy atom. The van der Waals surface area contributed by atoms with Crippen LogP contribution < -0.4 is 0 Å². The third-order valence-corrected chi connectivity index (χ3v) is 9.19. The van der Waals surface area contributed by atoms with Gasteiger partial charge in [0.15, 0.2) is 0 Å². The van der Waals surface area contributed by atoms with Crippen LogP contribution >= 0.6 is 0 Å². The SMILES string of the molecule is C.Cc1cccc(C)c1-c1ccc(CN2CCC[C@@H]2[C@H]2CCCN2Cc2ccc(-c3c(C)cccc3C)cn2)nc1.[CH3-].[CH3-].[Fe+4]. The smallest absolute Gasteiger partial charge is 0.358 e. The van der Waals surface area contributed by atoms with E-state index in [1.54, 1.807) is 0 Å². The minimum Gasteiger partial charge on any atom is -0.358 e. The average Bonchev–Trinajstić information content (AvgIpc) is 3.59. The molecule has 2 aromatic carbocycles. The maximum Gasteiger partial charge on any atom is 4.00 e. The van der Waals surface area contributed by atoms with Crippen molar-refractivity contribution in [3.63, 3.8) is 0 Å². The van der Waals surface area contributed by atoms with Gasteiger partial charge < -0.3 is 14.9 Å². The first kappa shape index (κ1) is 37.4. The number of likely N-dealkylation sites (tertiary alicyclic amines) is 2. The number of pyridine rings is 2. The van der Waals surface area contributed by atoms with Gasteiger partial charge in [-0.3, -0.25) is 19.8 Å². The zero-order chi connectivity index (χ0) is 27.6. The maximum atomic E-state index is 4.93. The van der Waals surface area contributed by atoms with Gasteiger partial charge in [0.25, 0.3) is 0 Å². The Morgan fingerprint density at radius 2 is 0.955 bits per heavy atom. The van der Waals surface area contributed by atoms with Crippen LogP contribution in [0, 0.1) is 42.5 Å². The van der Waals surface area contributed by atoms with Gasteiger partial charge in [-0.1, -0.05) is 56.0 Å². The van der Waals surface area contributed by atoms with Crippen molar-refractivity contribution in [1.29, 1.82) is 0 Å². The first-order valence-corrected chi connectivity index (χ1v) is 15.0. The first-order valence-electron chi connectivity index (χ1n) is 15.0. The number of hydrogen-bond donors (Lipinski definition) is 0. The van der Waals surface area contributed by atoms with Gasteiger partial charge in [-0.2, -0.15) is 0 Å². The molecule has 2 aromatic heterocycles. The Kier molecular flexibility index (Phi) is 14.0. The van der Waals surface area contributed by atoms with Gasteiger partial charge in [-0.25, -0.2) is 0 Å². The summed E-state index contributed by atoms with van der Waals surface area (Å²) in [4.78, 5) is 15.2. The van der Waals surface area contributed by atoms with E-state index in [1.807, 2.05) is 0 Å². The zero-order valence-corrected chi connectivity index (χ0v) is 28.0. The van der Waals surface area contributed by atoms with Crippen molar-refractivity contribution in [3.8, 4) is 22.3 Å². The fourth-order valence-electron chi connectivity index (χ4n) is 7.26. The van der Waals surface area contributed by atoms with E-state index in [1.165, 1.54) is 81.6 Å². The Labute approximate surface area is 278 Å². The molecule has 0 radical (unpaired) electrons. The summed E-state index contributed by atoms with van der Waals surface area (Å²) in [7, 11) is 0. The second kappa shape index (κ2) is 16.5. The molecule has 0 saturated carbocycles. The van der Waals surface area contributed by atoms with E-state index in [0.717, 1.165) is 26.2 Å². The topological polar surface area (TPSA) is 32.3 Å². The summed E-state index contributed by atoms with van der Waals surface area (Å²) in [5.74, 6) is 0. The third-order valence-electron chi connectivity index (χ3n) is 9.19. The van der Waals surface area contributed by atoms with Crippen molar-refractivity contribution in [2.24, 2.45) is 0 Å². The van der Waals surface area contributed by atoms with Crippen LogP contribution in [0.25, 0.3) is 22.3 Å². The van der Waals surface area contributed by atoms with E-state index in [4.69, 9.17) is 9.97 Å². The molecule has 6 rings (SSSR count). The van der Waals surface area contributed by atoms with E-state index in [-0.39, 0.29) is 39.3 Å². The van der Waals surface area contributed by atoms with Crippen LogP contribution in [0.4, 0.5) is 0 Å². The fourth-order valence-corrected chi connectivity index (χ4v) is 7.26. The van der Waals surface area contributed by atoms with Crippen LogP contribution in [-0.4, -0.2) is 44.9 Å². The maximum absolute atomic E-state index is 4.93. The largest absolute Gasteiger partial charge is 4.00 e. The molecule has 44 heavy (non-hydrogen) atoms.